The number of nitrogens with zero attached hydrogens (tertiary/aromatic N) is 3. The van der Waals surface area contributed by atoms with Crippen LogP contribution in [-0.4, -0.2) is 30.4 Å². The molecule has 1 aromatic carbocycles. The number of halogens is 4. The molecule has 3 rings (SSSR count). The first kappa shape index (κ1) is 19.2. The Morgan fingerprint density at radius 2 is 1.96 bits per heavy atom. The van der Waals surface area contributed by atoms with E-state index in [1.54, 1.807) is 17.0 Å². The fourth-order valence-corrected chi connectivity index (χ4v) is 3.50. The van der Waals surface area contributed by atoms with Gasteiger partial charge in [-0.3, -0.25) is 0 Å². The number of hydrogen-bond donors (Lipinski definition) is 2. The number of anilines is 2. The molecule has 0 bridgehead atoms. The van der Waals surface area contributed by atoms with Gasteiger partial charge >= 0.3 is 6.18 Å². The summed E-state index contributed by atoms with van der Waals surface area (Å²) in [6.45, 7) is 0.613. The van der Waals surface area contributed by atoms with Gasteiger partial charge in [0, 0.05) is 18.7 Å². The van der Waals surface area contributed by atoms with Crippen molar-refractivity contribution in [2.75, 3.05) is 30.5 Å². The molecule has 0 atom stereocenters. The van der Waals surface area contributed by atoms with Crippen molar-refractivity contribution in [3.8, 4) is 5.75 Å². The summed E-state index contributed by atoms with van der Waals surface area (Å²) in [5.74, 6) is 4.57. The van der Waals surface area contributed by atoms with E-state index >= 15 is 0 Å². The quantitative estimate of drug-likeness (QED) is 0.478. The molecule has 1 saturated heterocycles. The Morgan fingerprint density at radius 1 is 1.26 bits per heavy atom. The van der Waals surface area contributed by atoms with Crippen LogP contribution in [0.25, 0.3) is 0 Å². The zero-order chi connectivity index (χ0) is 19.6. The summed E-state index contributed by atoms with van der Waals surface area (Å²) in [6, 6.07) is 4.60. The molecule has 0 unspecified atom stereocenters. The smallest absolute Gasteiger partial charge is 0.422 e. The van der Waals surface area contributed by atoms with Gasteiger partial charge < -0.3 is 15.1 Å². The maximum absolute atomic E-state index is 14.3. The van der Waals surface area contributed by atoms with E-state index in [-0.39, 0.29) is 17.4 Å². The summed E-state index contributed by atoms with van der Waals surface area (Å²) in [5, 5.41) is 7.03. The summed E-state index contributed by atoms with van der Waals surface area (Å²) in [7, 11) is 1.47. The standard InChI is InChI=1S/C17H19F4N5O/c1-27-13-4-2-3-11(18)14(13)10-5-7-26(8-6-10)12-9-23-25-16(24-22)15(12)17(19,20)21/h2-4,9-10H,5-8,22H2,1H3,(H,24,25). The lowest BCUT2D eigenvalue weighted by molar-refractivity contribution is -0.136. The number of aromatic nitrogens is 2. The largest absolute Gasteiger partial charge is 0.496 e. The highest BCUT2D eigenvalue weighted by Gasteiger charge is 2.40. The average Bonchev–Trinajstić information content (AvgIpc) is 2.66. The Labute approximate surface area is 153 Å². The van der Waals surface area contributed by atoms with Crippen LogP contribution >= 0.6 is 0 Å². The van der Waals surface area contributed by atoms with Crippen molar-refractivity contribution >= 4 is 11.5 Å². The summed E-state index contributed by atoms with van der Waals surface area (Å²) in [5.41, 5.74) is 1.37. The average molecular weight is 385 g/mol. The molecular weight excluding hydrogens is 366 g/mol. The van der Waals surface area contributed by atoms with Crippen molar-refractivity contribution in [1.29, 1.82) is 0 Å². The van der Waals surface area contributed by atoms with Gasteiger partial charge in [-0.15, -0.1) is 5.10 Å². The third-order valence-corrected chi connectivity index (χ3v) is 4.73. The fourth-order valence-electron chi connectivity index (χ4n) is 3.50. The molecule has 146 valence electrons. The van der Waals surface area contributed by atoms with Crippen molar-refractivity contribution in [2.45, 2.75) is 24.9 Å². The number of nitrogen functional groups attached to an aromatic ring is 1. The minimum Gasteiger partial charge on any atom is -0.496 e. The van der Waals surface area contributed by atoms with Gasteiger partial charge in [-0.2, -0.15) is 18.3 Å². The van der Waals surface area contributed by atoms with E-state index in [4.69, 9.17) is 10.6 Å². The fraction of sp³-hybridized carbons (Fsp3) is 0.412. The van der Waals surface area contributed by atoms with Crippen LogP contribution < -0.4 is 20.9 Å². The Bertz CT molecular complexity index is 806. The third kappa shape index (κ3) is 3.75. The third-order valence-electron chi connectivity index (χ3n) is 4.73. The van der Waals surface area contributed by atoms with Gasteiger partial charge in [0.25, 0.3) is 0 Å². The van der Waals surface area contributed by atoms with Crippen molar-refractivity contribution in [3.63, 3.8) is 0 Å². The van der Waals surface area contributed by atoms with Crippen LogP contribution in [0.3, 0.4) is 0 Å². The zero-order valence-corrected chi connectivity index (χ0v) is 14.6. The van der Waals surface area contributed by atoms with Gasteiger partial charge in [0.2, 0.25) is 0 Å². The molecule has 6 nitrogen and oxygen atoms in total. The lowest BCUT2D eigenvalue weighted by Crippen LogP contribution is -2.35. The molecule has 0 spiro atoms. The highest BCUT2D eigenvalue weighted by molar-refractivity contribution is 5.63. The lowest BCUT2D eigenvalue weighted by atomic mass is 9.88. The molecular formula is C17H19F4N5O. The minimum atomic E-state index is -4.64. The van der Waals surface area contributed by atoms with Gasteiger partial charge in [-0.05, 0) is 30.9 Å². The minimum absolute atomic E-state index is 0.0931. The molecule has 1 aliphatic heterocycles. The van der Waals surface area contributed by atoms with E-state index < -0.39 is 17.6 Å². The number of methoxy groups -OCH3 is 1. The van der Waals surface area contributed by atoms with Crippen molar-refractivity contribution < 1.29 is 22.3 Å². The normalized spacial score (nSPS) is 15.7. The number of alkyl halides is 3. The van der Waals surface area contributed by atoms with E-state index in [1.165, 1.54) is 13.2 Å². The summed E-state index contributed by atoms with van der Waals surface area (Å²) < 4.78 is 60.0. The first-order valence-corrected chi connectivity index (χ1v) is 8.33. The number of rotatable bonds is 4. The van der Waals surface area contributed by atoms with Crippen molar-refractivity contribution in [1.82, 2.24) is 10.2 Å². The van der Waals surface area contributed by atoms with E-state index in [0.29, 0.717) is 37.2 Å². The molecule has 2 aromatic rings. The van der Waals surface area contributed by atoms with E-state index in [1.807, 2.05) is 5.43 Å². The monoisotopic (exact) mass is 385 g/mol. The second-order valence-electron chi connectivity index (χ2n) is 6.21. The van der Waals surface area contributed by atoms with Gasteiger partial charge in [0.15, 0.2) is 5.82 Å². The number of nitrogens with two attached hydrogens (primary N) is 1. The zero-order valence-electron chi connectivity index (χ0n) is 14.6. The first-order chi connectivity index (χ1) is 12.9. The molecule has 1 aromatic heterocycles. The molecule has 0 radical (unpaired) electrons. The Hall–Kier alpha value is -2.62. The molecule has 10 heteroatoms. The predicted octanol–water partition coefficient (Wildman–Crippen LogP) is 3.31. The van der Waals surface area contributed by atoms with E-state index in [0.717, 1.165) is 6.20 Å². The van der Waals surface area contributed by atoms with Crippen LogP contribution in [0.2, 0.25) is 0 Å². The molecule has 0 amide bonds. The summed E-state index contributed by atoms with van der Waals surface area (Å²) in [4.78, 5) is 1.57. The van der Waals surface area contributed by atoms with Crippen LogP contribution in [0.1, 0.15) is 29.9 Å². The Balaban J connectivity index is 1.86. The van der Waals surface area contributed by atoms with Gasteiger partial charge in [0.05, 0.1) is 19.0 Å². The van der Waals surface area contributed by atoms with E-state index in [2.05, 4.69) is 10.2 Å². The van der Waals surface area contributed by atoms with Crippen LogP contribution in [0.15, 0.2) is 24.4 Å². The molecule has 27 heavy (non-hydrogen) atoms. The second kappa shape index (κ2) is 7.55. The van der Waals surface area contributed by atoms with Crippen LogP contribution in [0.5, 0.6) is 5.75 Å². The predicted molar refractivity (Wildman–Crippen MR) is 92.0 cm³/mol. The van der Waals surface area contributed by atoms with Gasteiger partial charge in [-0.1, -0.05) is 6.07 Å². The highest BCUT2D eigenvalue weighted by atomic mass is 19.4. The van der Waals surface area contributed by atoms with Crippen molar-refractivity contribution in [2.24, 2.45) is 5.84 Å². The van der Waals surface area contributed by atoms with Gasteiger partial charge in [-0.25, -0.2) is 10.2 Å². The van der Waals surface area contributed by atoms with Crippen LogP contribution in [0.4, 0.5) is 29.1 Å². The first-order valence-electron chi connectivity index (χ1n) is 8.33. The maximum Gasteiger partial charge on any atom is 0.422 e. The molecule has 1 aliphatic rings. The molecule has 2 heterocycles. The lowest BCUT2D eigenvalue weighted by Gasteiger charge is -2.35. The molecule has 1 fully saturated rings. The molecule has 0 aliphatic carbocycles. The maximum atomic E-state index is 14.3. The second-order valence-corrected chi connectivity index (χ2v) is 6.21. The molecule has 0 saturated carbocycles. The topological polar surface area (TPSA) is 76.3 Å². The number of hydrogen-bond acceptors (Lipinski definition) is 6. The number of nitrogens with one attached hydrogen (secondary N) is 1. The van der Waals surface area contributed by atoms with E-state index in [9.17, 15) is 17.6 Å². The SMILES string of the molecule is COc1cccc(F)c1C1CCN(c2cnnc(NN)c2C(F)(F)F)CC1. The Morgan fingerprint density at radius 3 is 2.56 bits per heavy atom. The number of benzene rings is 1. The summed E-state index contributed by atoms with van der Waals surface area (Å²) in [6.07, 6.45) is -2.61. The highest BCUT2D eigenvalue weighted by Crippen LogP contribution is 2.42. The Kier molecular flexibility index (Phi) is 5.36. The van der Waals surface area contributed by atoms with Crippen LogP contribution in [-0.2, 0) is 6.18 Å². The summed E-state index contributed by atoms with van der Waals surface area (Å²) >= 11 is 0. The van der Waals surface area contributed by atoms with Crippen molar-refractivity contribution in [3.05, 3.63) is 41.3 Å². The van der Waals surface area contributed by atoms with Crippen LogP contribution in [0, 0.1) is 5.82 Å². The van der Waals surface area contributed by atoms with Gasteiger partial charge in [0.1, 0.15) is 17.1 Å². The molecule has 3 N–H and O–H groups in total. The number of piperidine rings is 1. The number of ether oxygens (including phenoxy) is 1. The number of hydrazine groups is 1.